The summed E-state index contributed by atoms with van der Waals surface area (Å²) in [5.74, 6) is -2.06. The number of pyridine rings is 1. The molecule has 1 aromatic rings. The van der Waals surface area contributed by atoms with Crippen molar-refractivity contribution in [2.75, 3.05) is 5.73 Å². The van der Waals surface area contributed by atoms with E-state index in [1.165, 1.54) is 0 Å². The lowest BCUT2D eigenvalue weighted by Crippen LogP contribution is -2.19. The van der Waals surface area contributed by atoms with E-state index in [0.29, 0.717) is 6.20 Å². The van der Waals surface area contributed by atoms with Crippen LogP contribution in [0.1, 0.15) is 17.6 Å². The minimum atomic E-state index is -5.02. The van der Waals surface area contributed by atoms with Crippen LogP contribution >= 0.6 is 11.6 Å². The summed E-state index contributed by atoms with van der Waals surface area (Å²) < 4.78 is 64.6. The first kappa shape index (κ1) is 13.8. The van der Waals surface area contributed by atoms with Gasteiger partial charge in [0.2, 0.25) is 0 Å². The van der Waals surface area contributed by atoms with Gasteiger partial charge in [-0.2, -0.15) is 0 Å². The third-order valence-electron chi connectivity index (χ3n) is 1.80. The van der Waals surface area contributed by atoms with Gasteiger partial charge in [0.15, 0.2) is 5.75 Å². The van der Waals surface area contributed by atoms with Crippen molar-refractivity contribution in [2.24, 2.45) is 0 Å². The van der Waals surface area contributed by atoms with Gasteiger partial charge < -0.3 is 10.5 Å². The molecule has 0 spiro atoms. The maximum atomic E-state index is 12.6. The van der Waals surface area contributed by atoms with Crippen molar-refractivity contribution >= 4 is 17.4 Å². The van der Waals surface area contributed by atoms with Gasteiger partial charge in [0.05, 0.1) is 17.6 Å². The molecule has 0 saturated heterocycles. The standard InChI is InChI=1S/C8H6ClF5N2O/c9-1-3-4(17-8(12,13)14)2-16-7(15)5(3)6(10)11/h2,6H,1H2,(H2,15,16). The summed E-state index contributed by atoms with van der Waals surface area (Å²) in [6.45, 7) is 0. The van der Waals surface area contributed by atoms with Gasteiger partial charge in [-0.3, -0.25) is 0 Å². The summed E-state index contributed by atoms with van der Waals surface area (Å²) >= 11 is 5.32. The zero-order chi connectivity index (χ0) is 13.2. The van der Waals surface area contributed by atoms with Crippen LogP contribution in [0.5, 0.6) is 5.75 Å². The van der Waals surface area contributed by atoms with Gasteiger partial charge in [-0.05, 0) is 0 Å². The first-order valence-corrected chi connectivity index (χ1v) is 4.66. The fraction of sp³-hybridized carbons (Fsp3) is 0.375. The minimum Gasteiger partial charge on any atom is -0.404 e. The molecule has 2 N–H and O–H groups in total. The highest BCUT2D eigenvalue weighted by molar-refractivity contribution is 6.17. The van der Waals surface area contributed by atoms with Crippen LogP contribution in [0.25, 0.3) is 0 Å². The molecule has 0 fully saturated rings. The summed E-state index contributed by atoms with van der Waals surface area (Å²) in [4.78, 5) is 3.21. The summed E-state index contributed by atoms with van der Waals surface area (Å²) in [5, 5.41) is 0. The number of aromatic nitrogens is 1. The topological polar surface area (TPSA) is 48.1 Å². The summed E-state index contributed by atoms with van der Waals surface area (Å²) in [7, 11) is 0. The molecule has 0 amide bonds. The molecule has 1 rings (SSSR count). The molecule has 0 aromatic carbocycles. The van der Waals surface area contributed by atoms with E-state index >= 15 is 0 Å². The van der Waals surface area contributed by atoms with Gasteiger partial charge in [0, 0.05) is 5.56 Å². The number of nitrogens with zero attached hydrogens (tertiary/aromatic N) is 1. The molecular formula is C8H6ClF5N2O. The van der Waals surface area contributed by atoms with Crippen LogP contribution in [0.15, 0.2) is 6.20 Å². The molecule has 0 aliphatic carbocycles. The summed E-state index contributed by atoms with van der Waals surface area (Å²) in [5.41, 5.74) is 3.78. The Morgan fingerprint density at radius 3 is 2.41 bits per heavy atom. The second-order valence-corrected chi connectivity index (χ2v) is 3.15. The van der Waals surface area contributed by atoms with E-state index in [1.54, 1.807) is 0 Å². The van der Waals surface area contributed by atoms with E-state index in [0.717, 1.165) is 0 Å². The van der Waals surface area contributed by atoms with Crippen molar-refractivity contribution in [3.63, 3.8) is 0 Å². The lowest BCUT2D eigenvalue weighted by Gasteiger charge is -2.15. The fourth-order valence-electron chi connectivity index (χ4n) is 1.16. The maximum absolute atomic E-state index is 12.6. The van der Waals surface area contributed by atoms with Crippen molar-refractivity contribution in [1.82, 2.24) is 4.98 Å². The Morgan fingerprint density at radius 2 is 2.00 bits per heavy atom. The van der Waals surface area contributed by atoms with Crippen molar-refractivity contribution in [3.8, 4) is 5.75 Å². The Kier molecular flexibility index (Phi) is 3.97. The average Bonchev–Trinajstić information content (AvgIpc) is 2.17. The minimum absolute atomic E-state index is 0.522. The summed E-state index contributed by atoms with van der Waals surface area (Å²) in [6.07, 6.45) is -7.50. The van der Waals surface area contributed by atoms with Gasteiger partial charge >= 0.3 is 6.36 Å². The Bertz CT molecular complexity index is 410. The highest BCUT2D eigenvalue weighted by Gasteiger charge is 2.33. The van der Waals surface area contributed by atoms with Gasteiger partial charge in [-0.25, -0.2) is 13.8 Å². The number of hydrogen-bond donors (Lipinski definition) is 1. The first-order chi connectivity index (χ1) is 7.76. The van der Waals surface area contributed by atoms with Gasteiger partial charge in [-0.15, -0.1) is 24.8 Å². The Balaban J connectivity index is 3.28. The van der Waals surface area contributed by atoms with Crippen LogP contribution in [0, 0.1) is 0 Å². The Hall–Kier alpha value is -1.31. The van der Waals surface area contributed by atoms with Crippen LogP contribution < -0.4 is 10.5 Å². The SMILES string of the molecule is Nc1ncc(OC(F)(F)F)c(CCl)c1C(F)F. The molecule has 0 bridgehead atoms. The highest BCUT2D eigenvalue weighted by atomic mass is 35.5. The number of halogens is 6. The molecule has 3 nitrogen and oxygen atoms in total. The Morgan fingerprint density at radius 1 is 1.41 bits per heavy atom. The van der Waals surface area contributed by atoms with E-state index in [9.17, 15) is 22.0 Å². The van der Waals surface area contributed by atoms with Crippen molar-refractivity contribution in [3.05, 3.63) is 17.3 Å². The number of alkyl halides is 6. The number of nitrogens with two attached hydrogens (primary N) is 1. The van der Waals surface area contributed by atoms with Crippen molar-refractivity contribution in [1.29, 1.82) is 0 Å². The molecule has 0 unspecified atom stereocenters. The first-order valence-electron chi connectivity index (χ1n) is 4.13. The zero-order valence-corrected chi connectivity index (χ0v) is 8.82. The molecule has 96 valence electrons. The predicted octanol–water partition coefficient (Wildman–Crippen LogP) is 3.24. The molecule has 1 aromatic heterocycles. The quantitative estimate of drug-likeness (QED) is 0.681. The van der Waals surface area contributed by atoms with Crippen molar-refractivity contribution < 1.29 is 26.7 Å². The molecule has 0 radical (unpaired) electrons. The molecule has 9 heteroatoms. The van der Waals surface area contributed by atoms with E-state index in [4.69, 9.17) is 17.3 Å². The van der Waals surface area contributed by atoms with Crippen molar-refractivity contribution in [2.45, 2.75) is 18.7 Å². The van der Waals surface area contributed by atoms with E-state index in [2.05, 4.69) is 9.72 Å². The fourth-order valence-corrected chi connectivity index (χ4v) is 1.43. The molecule has 17 heavy (non-hydrogen) atoms. The second kappa shape index (κ2) is 4.91. The average molecular weight is 277 g/mol. The van der Waals surface area contributed by atoms with Crippen LogP contribution in [-0.4, -0.2) is 11.3 Å². The number of hydrogen-bond acceptors (Lipinski definition) is 3. The molecule has 0 atom stereocenters. The number of anilines is 1. The van der Waals surface area contributed by atoms with E-state index < -0.39 is 41.4 Å². The second-order valence-electron chi connectivity index (χ2n) is 2.88. The number of nitrogen functional groups attached to an aromatic ring is 1. The van der Waals surface area contributed by atoms with Gasteiger partial charge in [-0.1, -0.05) is 0 Å². The number of ether oxygens (including phenoxy) is 1. The van der Waals surface area contributed by atoms with Crippen LogP contribution in [0.3, 0.4) is 0 Å². The molecule has 1 heterocycles. The largest absolute Gasteiger partial charge is 0.573 e. The van der Waals surface area contributed by atoms with Gasteiger partial charge in [0.25, 0.3) is 6.43 Å². The molecule has 0 saturated carbocycles. The van der Waals surface area contributed by atoms with Crippen LogP contribution in [-0.2, 0) is 5.88 Å². The molecular weight excluding hydrogens is 271 g/mol. The van der Waals surface area contributed by atoms with Crippen LogP contribution in [0.2, 0.25) is 0 Å². The monoisotopic (exact) mass is 276 g/mol. The normalized spacial score (nSPS) is 11.9. The third kappa shape index (κ3) is 3.32. The van der Waals surface area contributed by atoms with Gasteiger partial charge in [0.1, 0.15) is 5.82 Å². The van der Waals surface area contributed by atoms with E-state index in [-0.39, 0.29) is 0 Å². The lowest BCUT2D eigenvalue weighted by atomic mass is 10.1. The van der Waals surface area contributed by atoms with Crippen LogP contribution in [0.4, 0.5) is 27.8 Å². The summed E-state index contributed by atoms with van der Waals surface area (Å²) in [6, 6.07) is 0. The molecule has 0 aliphatic rings. The lowest BCUT2D eigenvalue weighted by molar-refractivity contribution is -0.275. The zero-order valence-electron chi connectivity index (χ0n) is 8.06. The number of rotatable bonds is 3. The Labute approximate surface area is 97.3 Å². The third-order valence-corrected chi connectivity index (χ3v) is 2.06. The smallest absolute Gasteiger partial charge is 0.404 e. The highest BCUT2D eigenvalue weighted by Crippen LogP contribution is 2.36. The predicted molar refractivity (Wildman–Crippen MR) is 49.8 cm³/mol. The maximum Gasteiger partial charge on any atom is 0.573 e. The van der Waals surface area contributed by atoms with E-state index in [1.807, 2.05) is 0 Å². The molecule has 0 aliphatic heterocycles.